The molecule has 1 atom stereocenters. The van der Waals surface area contributed by atoms with E-state index in [2.05, 4.69) is 45.0 Å². The van der Waals surface area contributed by atoms with Crippen LogP contribution in [0.3, 0.4) is 0 Å². The summed E-state index contributed by atoms with van der Waals surface area (Å²) in [5.41, 5.74) is 2.97. The van der Waals surface area contributed by atoms with Gasteiger partial charge in [-0.1, -0.05) is 24.3 Å². The van der Waals surface area contributed by atoms with Crippen molar-refractivity contribution in [2.75, 3.05) is 12.5 Å². The summed E-state index contributed by atoms with van der Waals surface area (Å²) in [5, 5.41) is 0. The average Bonchev–Trinajstić information content (AvgIpc) is 2.37. The highest BCUT2D eigenvalue weighted by Gasteiger charge is 2.35. The van der Waals surface area contributed by atoms with E-state index < -0.39 is 0 Å². The van der Waals surface area contributed by atoms with E-state index in [0.29, 0.717) is 5.88 Å². The topological polar surface area (TPSA) is 9.23 Å². The number of ether oxygens (including phenoxy) is 1. The number of alkyl halides is 1. The molecule has 1 aliphatic carbocycles. The fourth-order valence-corrected chi connectivity index (χ4v) is 3.44. The summed E-state index contributed by atoms with van der Waals surface area (Å²) in [5.74, 6) is 0.692. The molecule has 0 N–H and O–H groups in total. The van der Waals surface area contributed by atoms with Crippen molar-refractivity contribution in [1.82, 2.24) is 0 Å². The predicted molar refractivity (Wildman–Crippen MR) is 82.1 cm³/mol. The largest absolute Gasteiger partial charge is 0.376 e. The highest BCUT2D eigenvalue weighted by atomic mass is 35.5. The molecule has 19 heavy (non-hydrogen) atoms. The first-order chi connectivity index (χ1) is 8.97. The lowest BCUT2D eigenvalue weighted by Gasteiger charge is -2.38. The van der Waals surface area contributed by atoms with Crippen LogP contribution in [-0.4, -0.2) is 18.1 Å². The predicted octanol–water partition coefficient (Wildman–Crippen LogP) is 4.70. The summed E-state index contributed by atoms with van der Waals surface area (Å²) >= 11 is 6.36. The molecule has 0 radical (unpaired) electrons. The van der Waals surface area contributed by atoms with Gasteiger partial charge in [0.1, 0.15) is 0 Å². The van der Waals surface area contributed by atoms with Gasteiger partial charge in [-0.25, -0.2) is 0 Å². The number of hydrogen-bond acceptors (Lipinski definition) is 1. The van der Waals surface area contributed by atoms with E-state index in [1.165, 1.54) is 30.4 Å². The Balaban J connectivity index is 2.15. The van der Waals surface area contributed by atoms with Crippen molar-refractivity contribution in [1.29, 1.82) is 0 Å². The molecule has 0 saturated heterocycles. The Kier molecular flexibility index (Phi) is 4.58. The first kappa shape index (κ1) is 14.9. The van der Waals surface area contributed by atoms with Gasteiger partial charge in [0.15, 0.2) is 0 Å². The van der Waals surface area contributed by atoms with Crippen LogP contribution in [-0.2, 0) is 16.6 Å². The average molecular weight is 281 g/mol. The molecule has 0 bridgehead atoms. The fourth-order valence-electron chi connectivity index (χ4n) is 3.03. The number of halogens is 1. The molecular formula is C17H25ClO. The van der Waals surface area contributed by atoms with Gasteiger partial charge < -0.3 is 4.74 Å². The molecule has 1 nitrogen and oxygen atoms in total. The zero-order valence-electron chi connectivity index (χ0n) is 12.3. The van der Waals surface area contributed by atoms with Crippen LogP contribution in [0.4, 0.5) is 0 Å². The molecule has 0 spiro atoms. The third kappa shape index (κ3) is 3.52. The zero-order valence-corrected chi connectivity index (χ0v) is 13.1. The standard InChI is InChI=1S/C17H25ClO/c1-16(2,3)19-12-11-17(13-18)10-6-8-14-7-4-5-9-15(14)17/h4-5,7,9H,6,8,10-13H2,1-3H3. The van der Waals surface area contributed by atoms with Crippen LogP contribution < -0.4 is 0 Å². The van der Waals surface area contributed by atoms with Crippen LogP contribution in [0.15, 0.2) is 24.3 Å². The van der Waals surface area contributed by atoms with Crippen molar-refractivity contribution in [3.8, 4) is 0 Å². The quantitative estimate of drug-likeness (QED) is 0.726. The van der Waals surface area contributed by atoms with Crippen LogP contribution in [0, 0.1) is 0 Å². The van der Waals surface area contributed by atoms with Gasteiger partial charge in [-0.15, -0.1) is 11.6 Å². The first-order valence-corrected chi connectivity index (χ1v) is 7.79. The number of aryl methyl sites for hydroxylation is 1. The van der Waals surface area contributed by atoms with Gasteiger partial charge in [0, 0.05) is 17.9 Å². The normalized spacial score (nSPS) is 23.2. The van der Waals surface area contributed by atoms with Crippen molar-refractivity contribution < 1.29 is 4.74 Å². The highest BCUT2D eigenvalue weighted by Crippen LogP contribution is 2.41. The molecule has 0 heterocycles. The molecule has 0 amide bonds. The van der Waals surface area contributed by atoms with Crippen molar-refractivity contribution >= 4 is 11.6 Å². The summed E-state index contributed by atoms with van der Waals surface area (Å²) in [6.45, 7) is 7.10. The lowest BCUT2D eigenvalue weighted by molar-refractivity contribution is -0.0116. The molecule has 2 heteroatoms. The van der Waals surface area contributed by atoms with E-state index in [0.717, 1.165) is 13.0 Å². The van der Waals surface area contributed by atoms with E-state index in [1.54, 1.807) is 0 Å². The lowest BCUT2D eigenvalue weighted by Crippen LogP contribution is -2.35. The number of benzene rings is 1. The third-order valence-electron chi connectivity index (χ3n) is 4.06. The van der Waals surface area contributed by atoms with Crippen LogP contribution in [0.5, 0.6) is 0 Å². The van der Waals surface area contributed by atoms with E-state index in [-0.39, 0.29) is 11.0 Å². The number of fused-ring (bicyclic) bond motifs is 1. The molecule has 1 aliphatic rings. The van der Waals surface area contributed by atoms with Gasteiger partial charge in [-0.3, -0.25) is 0 Å². The second-order valence-corrected chi connectivity index (χ2v) is 6.90. The van der Waals surface area contributed by atoms with Gasteiger partial charge in [-0.05, 0) is 57.6 Å². The van der Waals surface area contributed by atoms with E-state index >= 15 is 0 Å². The molecule has 1 unspecified atom stereocenters. The van der Waals surface area contributed by atoms with E-state index in [9.17, 15) is 0 Å². The third-order valence-corrected chi connectivity index (χ3v) is 4.57. The van der Waals surface area contributed by atoms with Crippen molar-refractivity contribution in [2.45, 2.75) is 57.5 Å². The van der Waals surface area contributed by atoms with Crippen LogP contribution in [0.1, 0.15) is 51.2 Å². The molecular weight excluding hydrogens is 256 g/mol. The molecule has 0 aromatic heterocycles. The molecule has 106 valence electrons. The summed E-state index contributed by atoms with van der Waals surface area (Å²) in [6, 6.07) is 8.78. The minimum Gasteiger partial charge on any atom is -0.376 e. The Hall–Kier alpha value is -0.530. The lowest BCUT2D eigenvalue weighted by atomic mass is 9.69. The maximum atomic E-state index is 6.36. The fraction of sp³-hybridized carbons (Fsp3) is 0.647. The Bertz CT molecular complexity index is 422. The van der Waals surface area contributed by atoms with E-state index in [4.69, 9.17) is 16.3 Å². The van der Waals surface area contributed by atoms with Gasteiger partial charge in [0.2, 0.25) is 0 Å². The minimum absolute atomic E-state index is 0.0678. The van der Waals surface area contributed by atoms with Crippen molar-refractivity contribution in [3.63, 3.8) is 0 Å². The minimum atomic E-state index is -0.0678. The van der Waals surface area contributed by atoms with Crippen molar-refractivity contribution in [3.05, 3.63) is 35.4 Å². The maximum absolute atomic E-state index is 6.36. The molecule has 1 aromatic carbocycles. The zero-order chi connectivity index (χ0) is 13.9. The van der Waals surface area contributed by atoms with Crippen molar-refractivity contribution in [2.24, 2.45) is 0 Å². The Morgan fingerprint density at radius 3 is 2.68 bits per heavy atom. The van der Waals surface area contributed by atoms with Crippen LogP contribution >= 0.6 is 11.6 Å². The molecule has 2 rings (SSSR count). The Morgan fingerprint density at radius 2 is 2.00 bits per heavy atom. The molecule has 0 aliphatic heterocycles. The first-order valence-electron chi connectivity index (χ1n) is 7.25. The number of hydrogen-bond donors (Lipinski definition) is 0. The SMILES string of the molecule is CC(C)(C)OCCC1(CCl)CCCc2ccccc21. The van der Waals surface area contributed by atoms with E-state index in [1.807, 2.05) is 0 Å². The highest BCUT2D eigenvalue weighted by molar-refractivity contribution is 6.18. The van der Waals surface area contributed by atoms with Gasteiger partial charge in [0.05, 0.1) is 5.60 Å². The van der Waals surface area contributed by atoms with Gasteiger partial charge in [-0.2, -0.15) is 0 Å². The van der Waals surface area contributed by atoms with Gasteiger partial charge >= 0.3 is 0 Å². The Labute approximate surface area is 122 Å². The summed E-state index contributed by atoms with van der Waals surface area (Å²) in [7, 11) is 0. The maximum Gasteiger partial charge on any atom is 0.0598 e. The Morgan fingerprint density at radius 1 is 1.26 bits per heavy atom. The van der Waals surface area contributed by atoms with Crippen LogP contribution in [0.25, 0.3) is 0 Å². The molecule has 0 saturated carbocycles. The summed E-state index contributed by atoms with van der Waals surface area (Å²) < 4.78 is 5.92. The second-order valence-electron chi connectivity index (χ2n) is 6.64. The molecule has 1 aromatic rings. The van der Waals surface area contributed by atoms with Gasteiger partial charge in [0.25, 0.3) is 0 Å². The molecule has 0 fully saturated rings. The smallest absolute Gasteiger partial charge is 0.0598 e. The number of rotatable bonds is 4. The van der Waals surface area contributed by atoms with Crippen LogP contribution in [0.2, 0.25) is 0 Å². The summed E-state index contributed by atoms with van der Waals surface area (Å²) in [6.07, 6.45) is 4.62. The second kappa shape index (κ2) is 5.85. The summed E-state index contributed by atoms with van der Waals surface area (Å²) in [4.78, 5) is 0. The monoisotopic (exact) mass is 280 g/mol.